The van der Waals surface area contributed by atoms with Gasteiger partial charge in [0.25, 0.3) is 11.8 Å². The van der Waals surface area contributed by atoms with Gasteiger partial charge in [0.2, 0.25) is 29.5 Å². The fourth-order valence-electron chi connectivity index (χ4n) is 9.49. The van der Waals surface area contributed by atoms with Gasteiger partial charge < -0.3 is 45.3 Å². The quantitative estimate of drug-likeness (QED) is 0.0618. The number of hydrogen-bond acceptors (Lipinski definition) is 12. The van der Waals surface area contributed by atoms with Crippen molar-refractivity contribution in [2.24, 2.45) is 23.7 Å². The minimum Gasteiger partial charge on any atom is -0.445 e. The lowest BCUT2D eigenvalue weighted by atomic mass is 9.90. The van der Waals surface area contributed by atoms with E-state index in [1.807, 2.05) is 32.6 Å². The monoisotopic (exact) mass is 997 g/mol. The van der Waals surface area contributed by atoms with E-state index in [4.69, 9.17) is 14.2 Å². The number of rotatable bonds is 30. The number of nitrogens with one attached hydrogen (secondary N) is 4. The Labute approximate surface area is 421 Å². The Hall–Kier alpha value is -5.40. The highest BCUT2D eigenvalue weighted by atomic mass is 16.6. The number of likely N-dealkylation sites (N-methyl/N-ethyl adjacent to an activating group) is 2. The molecule has 1 saturated heterocycles. The highest BCUT2D eigenvalue weighted by molar-refractivity contribution is 6.12. The van der Waals surface area contributed by atoms with E-state index in [0.717, 1.165) is 38.5 Å². The second kappa shape index (κ2) is 29.8. The molecule has 3 rings (SSSR count). The van der Waals surface area contributed by atoms with Gasteiger partial charge in [0.15, 0.2) is 0 Å². The number of anilines is 1. The largest absolute Gasteiger partial charge is 0.445 e. The van der Waals surface area contributed by atoms with Crippen LogP contribution in [0.2, 0.25) is 0 Å². The summed E-state index contributed by atoms with van der Waals surface area (Å²) in [5.41, 5.74) is 1.10. The molecule has 1 aromatic carbocycles. The normalized spacial score (nSPS) is 17.3. The van der Waals surface area contributed by atoms with Crippen LogP contribution in [0.15, 0.2) is 36.4 Å². The van der Waals surface area contributed by atoms with E-state index in [-0.39, 0.29) is 91.5 Å². The predicted octanol–water partition coefficient (Wildman–Crippen LogP) is 4.49. The summed E-state index contributed by atoms with van der Waals surface area (Å²) in [6.45, 7) is 16.5. The molecule has 7 unspecified atom stereocenters. The van der Waals surface area contributed by atoms with Gasteiger partial charge in [0, 0.05) is 59.2 Å². The molecule has 0 spiro atoms. The number of likely N-dealkylation sites (tertiary alicyclic amines) is 1. The van der Waals surface area contributed by atoms with Crippen molar-refractivity contribution in [1.82, 2.24) is 35.6 Å². The predicted molar refractivity (Wildman–Crippen MR) is 270 cm³/mol. The lowest BCUT2D eigenvalue weighted by Crippen LogP contribution is -2.55. The van der Waals surface area contributed by atoms with Gasteiger partial charge in [-0.15, -0.1) is 0 Å². The van der Waals surface area contributed by atoms with Crippen LogP contribution in [0.3, 0.4) is 0 Å². The number of ether oxygens (including phenoxy) is 3. The van der Waals surface area contributed by atoms with Gasteiger partial charge in [0.05, 0.1) is 49.8 Å². The van der Waals surface area contributed by atoms with Gasteiger partial charge in [-0.1, -0.05) is 86.8 Å². The number of methoxy groups -OCH3 is 2. The molecule has 398 valence electrons. The van der Waals surface area contributed by atoms with Gasteiger partial charge in [-0.3, -0.25) is 43.4 Å². The average molecular weight is 997 g/mol. The fourth-order valence-corrected chi connectivity index (χ4v) is 9.49. The van der Waals surface area contributed by atoms with E-state index in [1.54, 1.807) is 64.3 Å². The van der Waals surface area contributed by atoms with Crippen molar-refractivity contribution in [1.29, 1.82) is 0 Å². The molecule has 0 saturated carbocycles. The smallest absolute Gasteiger partial charge is 0.410 e. The maximum absolute atomic E-state index is 13.8. The van der Waals surface area contributed by atoms with Crippen molar-refractivity contribution < 1.29 is 52.6 Å². The second-order valence-electron chi connectivity index (χ2n) is 19.9. The molecular weight excluding hydrogens is 913 g/mol. The summed E-state index contributed by atoms with van der Waals surface area (Å²) in [7, 11) is 6.35. The third kappa shape index (κ3) is 18.0. The first-order valence-corrected chi connectivity index (χ1v) is 25.4. The van der Waals surface area contributed by atoms with Crippen molar-refractivity contribution in [2.45, 2.75) is 150 Å². The first-order valence-electron chi connectivity index (χ1n) is 25.4. The Morgan fingerprint density at radius 1 is 0.775 bits per heavy atom. The van der Waals surface area contributed by atoms with E-state index >= 15 is 0 Å². The zero-order valence-corrected chi connectivity index (χ0v) is 44.4. The Morgan fingerprint density at radius 3 is 1.99 bits per heavy atom. The van der Waals surface area contributed by atoms with Gasteiger partial charge in [-0.05, 0) is 73.6 Å². The summed E-state index contributed by atoms with van der Waals surface area (Å²) >= 11 is 0. The zero-order chi connectivity index (χ0) is 52.9. The molecule has 0 bridgehead atoms. The van der Waals surface area contributed by atoms with Gasteiger partial charge in [-0.2, -0.15) is 0 Å². The van der Waals surface area contributed by atoms with Gasteiger partial charge >= 0.3 is 6.09 Å². The summed E-state index contributed by atoms with van der Waals surface area (Å²) < 4.78 is 17.3. The third-order valence-corrected chi connectivity index (χ3v) is 13.6. The molecule has 8 amide bonds. The molecule has 7 atom stereocenters. The van der Waals surface area contributed by atoms with Crippen LogP contribution in [0.25, 0.3) is 0 Å². The molecule has 4 N–H and O–H groups in total. The van der Waals surface area contributed by atoms with E-state index in [0.29, 0.717) is 37.3 Å². The van der Waals surface area contributed by atoms with E-state index in [1.165, 1.54) is 29.0 Å². The van der Waals surface area contributed by atoms with Gasteiger partial charge in [0.1, 0.15) is 12.6 Å². The molecule has 71 heavy (non-hydrogen) atoms. The standard InChI is InChI=1S/C52H84N8O11/c1-13-36(8)48(40(69-11)29-44(64)59-28-18-19-39(59)49(70-12)35(6)7)57(9)45(65)31-55-51(67)47(34(4)5)58(10)52(68)71-32-37-20-22-38(23-21-37)56-41(61)30-54-50(66)46(33(2)3)53-26-16-14-15-17-27-60-42(62)24-25-43(60)63/h20-25,33-36,39-40,46-49,53H,13-19,26-32H2,1-12H3,(H,54,66)(H,55,67)(H,56,61). The van der Waals surface area contributed by atoms with Crippen LogP contribution in [0, 0.1) is 23.7 Å². The molecule has 19 nitrogen and oxygen atoms in total. The molecule has 0 aromatic heterocycles. The maximum Gasteiger partial charge on any atom is 0.410 e. The Balaban J connectivity index is 1.46. The number of benzene rings is 1. The Bertz CT molecular complexity index is 1940. The number of carbonyl (C=O) groups is 8. The first-order chi connectivity index (χ1) is 33.7. The average Bonchev–Trinajstić information content (AvgIpc) is 3.94. The molecule has 19 heteroatoms. The minimum absolute atomic E-state index is 0.0296. The van der Waals surface area contributed by atoms with Crippen molar-refractivity contribution in [3.63, 3.8) is 0 Å². The number of imide groups is 1. The number of hydrogen-bond donors (Lipinski definition) is 4. The van der Waals surface area contributed by atoms with Crippen LogP contribution < -0.4 is 21.3 Å². The van der Waals surface area contributed by atoms with Crippen LogP contribution in [0.1, 0.15) is 112 Å². The van der Waals surface area contributed by atoms with Crippen molar-refractivity contribution in [3.05, 3.63) is 42.0 Å². The molecular formula is C52H84N8O11. The number of unbranched alkanes of at least 4 members (excludes halogenated alkanes) is 3. The second-order valence-corrected chi connectivity index (χ2v) is 19.9. The lowest BCUT2D eigenvalue weighted by molar-refractivity contribution is -0.144. The van der Waals surface area contributed by atoms with Crippen molar-refractivity contribution >= 4 is 53.1 Å². The molecule has 1 fully saturated rings. The number of amides is 8. The number of carbonyl (C=O) groups excluding carboxylic acids is 8. The summed E-state index contributed by atoms with van der Waals surface area (Å²) in [5.74, 6) is -2.39. The van der Waals surface area contributed by atoms with E-state index in [9.17, 15) is 38.4 Å². The molecule has 2 heterocycles. The summed E-state index contributed by atoms with van der Waals surface area (Å²) in [6, 6.07) is 4.70. The topological polar surface area (TPSA) is 225 Å². The summed E-state index contributed by atoms with van der Waals surface area (Å²) in [5, 5.41) is 11.5. The lowest BCUT2D eigenvalue weighted by Gasteiger charge is -2.39. The van der Waals surface area contributed by atoms with Crippen LogP contribution >= 0.6 is 0 Å². The molecule has 1 aromatic rings. The molecule has 0 aliphatic carbocycles. The minimum atomic E-state index is -0.961. The molecule has 2 aliphatic rings. The first kappa shape index (κ1) is 59.9. The number of nitrogens with zero attached hydrogens (tertiary/aromatic N) is 4. The highest BCUT2D eigenvalue weighted by Gasteiger charge is 2.40. The summed E-state index contributed by atoms with van der Waals surface area (Å²) in [4.78, 5) is 110. The Morgan fingerprint density at radius 2 is 1.41 bits per heavy atom. The van der Waals surface area contributed by atoms with E-state index < -0.39 is 42.1 Å². The summed E-state index contributed by atoms with van der Waals surface area (Å²) in [6.07, 6.45) is 6.90. The van der Waals surface area contributed by atoms with Crippen LogP contribution in [-0.4, -0.2) is 164 Å². The maximum atomic E-state index is 13.8. The molecule has 2 aliphatic heterocycles. The zero-order valence-electron chi connectivity index (χ0n) is 44.4. The van der Waals surface area contributed by atoms with Crippen LogP contribution in [0.4, 0.5) is 10.5 Å². The van der Waals surface area contributed by atoms with Crippen LogP contribution in [-0.2, 0) is 54.4 Å². The highest BCUT2D eigenvalue weighted by Crippen LogP contribution is 2.29. The fraction of sp³-hybridized carbons (Fsp3) is 0.692. The SMILES string of the molecule is CCC(C)C(C(CC(=O)N1CCCC1C(OC)C(C)C)OC)N(C)C(=O)CNC(=O)C(C(C)C)N(C)C(=O)OCc1ccc(NC(=O)CNC(=O)C(NCCCCCCN2C(=O)C=CC2=O)C(C)C)cc1. The van der Waals surface area contributed by atoms with Crippen molar-refractivity contribution in [3.8, 4) is 0 Å². The van der Waals surface area contributed by atoms with Crippen LogP contribution in [0.5, 0.6) is 0 Å². The van der Waals surface area contributed by atoms with Crippen molar-refractivity contribution in [2.75, 3.05) is 66.4 Å². The third-order valence-electron chi connectivity index (χ3n) is 13.6. The van der Waals surface area contributed by atoms with Gasteiger partial charge in [-0.25, -0.2) is 4.79 Å². The van der Waals surface area contributed by atoms with E-state index in [2.05, 4.69) is 35.1 Å². The Kier molecular flexibility index (Phi) is 25.2. The molecule has 0 radical (unpaired) electrons.